The van der Waals surface area contributed by atoms with Gasteiger partial charge < -0.3 is 25.8 Å². The quantitative estimate of drug-likeness (QED) is 0.526. The van der Waals surface area contributed by atoms with E-state index < -0.39 is 12.1 Å². The average Bonchev–Trinajstić information content (AvgIpc) is 2.70. The lowest BCUT2D eigenvalue weighted by atomic mass is 9.85. The molecule has 2 aromatic rings. The minimum Gasteiger partial charge on any atom is -0.508 e. The van der Waals surface area contributed by atoms with Crippen LogP contribution in [0.15, 0.2) is 35.3 Å². The largest absolute Gasteiger partial charge is 0.508 e. The summed E-state index contributed by atoms with van der Waals surface area (Å²) in [5, 5.41) is 17.9. The molecule has 1 unspecified atom stereocenters. The number of aromatic amines is 1. The molecule has 170 valence electrons. The van der Waals surface area contributed by atoms with Gasteiger partial charge in [0.2, 0.25) is 5.56 Å². The number of aromatic hydroxyl groups is 1. The number of rotatable bonds is 3. The fraction of sp³-hybridized carbons (Fsp3) is 0.368. The van der Waals surface area contributed by atoms with Crippen molar-refractivity contribution in [1.29, 1.82) is 0 Å². The Bertz CT molecular complexity index is 977. The number of alkyl halides is 3. The molecule has 1 aromatic heterocycles. The second-order valence-electron chi connectivity index (χ2n) is 6.89. The zero-order chi connectivity index (χ0) is 23.3. The number of halogens is 5. The summed E-state index contributed by atoms with van der Waals surface area (Å²) in [6.07, 6.45) is -1.69. The molecular formula is C19H20Cl2F3N3O4. The Labute approximate surface area is 185 Å². The number of hydrogen-bond donors (Lipinski definition) is 4. The lowest BCUT2D eigenvalue weighted by Crippen LogP contribution is -2.37. The van der Waals surface area contributed by atoms with Crippen molar-refractivity contribution in [2.75, 3.05) is 18.0 Å². The number of aromatic nitrogens is 1. The van der Waals surface area contributed by atoms with Crippen molar-refractivity contribution in [2.45, 2.75) is 25.1 Å². The summed E-state index contributed by atoms with van der Waals surface area (Å²) in [7, 11) is 0. The van der Waals surface area contributed by atoms with Gasteiger partial charge in [-0.25, -0.2) is 4.79 Å². The predicted molar refractivity (Wildman–Crippen MR) is 111 cm³/mol. The Morgan fingerprint density at radius 1 is 1.19 bits per heavy atom. The topological polar surface area (TPSA) is 120 Å². The van der Waals surface area contributed by atoms with Gasteiger partial charge in [-0.05, 0) is 30.9 Å². The van der Waals surface area contributed by atoms with Crippen molar-refractivity contribution in [3.05, 3.63) is 56.4 Å². The van der Waals surface area contributed by atoms with Gasteiger partial charge in [-0.2, -0.15) is 13.2 Å². The summed E-state index contributed by atoms with van der Waals surface area (Å²) in [6.45, 7) is 1.62. The van der Waals surface area contributed by atoms with Gasteiger partial charge in [0.05, 0.1) is 10.0 Å². The van der Waals surface area contributed by atoms with Crippen molar-refractivity contribution < 1.29 is 28.2 Å². The third-order valence-electron chi connectivity index (χ3n) is 4.84. The lowest BCUT2D eigenvalue weighted by molar-refractivity contribution is -0.192. The molecule has 0 aliphatic carbocycles. The molecule has 12 heteroatoms. The number of benzene rings is 1. The number of anilines is 1. The number of H-pyrrole nitrogens is 1. The van der Waals surface area contributed by atoms with Crippen LogP contribution in [-0.4, -0.2) is 40.4 Å². The summed E-state index contributed by atoms with van der Waals surface area (Å²) >= 11 is 12.0. The molecule has 1 fully saturated rings. The van der Waals surface area contributed by atoms with Crippen LogP contribution in [0.5, 0.6) is 5.75 Å². The fourth-order valence-corrected chi connectivity index (χ4v) is 3.55. The second-order valence-corrected chi connectivity index (χ2v) is 7.70. The number of phenols is 1. The summed E-state index contributed by atoms with van der Waals surface area (Å²) < 4.78 is 31.7. The van der Waals surface area contributed by atoms with Crippen LogP contribution in [0.4, 0.5) is 18.9 Å². The summed E-state index contributed by atoms with van der Waals surface area (Å²) in [5.74, 6) is -2.45. The van der Waals surface area contributed by atoms with E-state index in [0.29, 0.717) is 15.6 Å². The number of carboxylic acids is 1. The molecule has 31 heavy (non-hydrogen) atoms. The van der Waals surface area contributed by atoms with Gasteiger partial charge in [0.1, 0.15) is 5.75 Å². The van der Waals surface area contributed by atoms with Crippen molar-refractivity contribution >= 4 is 34.9 Å². The minimum atomic E-state index is -5.08. The molecule has 1 aliphatic rings. The SMILES string of the molecule is NC(c1cc(Cl)c(Cl)cc1O)C1CCN(c2cc[nH]c(=O)c2)CC1.O=C(O)C(F)(F)F. The third-order valence-corrected chi connectivity index (χ3v) is 5.56. The third kappa shape index (κ3) is 6.78. The highest BCUT2D eigenvalue weighted by atomic mass is 35.5. The predicted octanol–water partition coefficient (Wildman–Crippen LogP) is 3.94. The van der Waals surface area contributed by atoms with Crippen molar-refractivity contribution in [3.63, 3.8) is 0 Å². The highest BCUT2D eigenvalue weighted by Crippen LogP contribution is 2.38. The average molecular weight is 482 g/mol. The van der Waals surface area contributed by atoms with Gasteiger partial charge in [-0.1, -0.05) is 23.2 Å². The second kappa shape index (κ2) is 10.3. The van der Waals surface area contributed by atoms with Crippen molar-refractivity contribution in [2.24, 2.45) is 11.7 Å². The monoisotopic (exact) mass is 481 g/mol. The highest BCUT2D eigenvalue weighted by Gasteiger charge is 2.38. The number of hydrogen-bond acceptors (Lipinski definition) is 5. The van der Waals surface area contributed by atoms with Gasteiger partial charge in [0.15, 0.2) is 0 Å². The fourth-order valence-electron chi connectivity index (χ4n) is 3.22. The normalized spacial score (nSPS) is 15.7. The van der Waals surface area contributed by atoms with Crippen LogP contribution in [-0.2, 0) is 4.79 Å². The number of piperidine rings is 1. The van der Waals surface area contributed by atoms with Crippen LogP contribution in [0.1, 0.15) is 24.4 Å². The number of nitrogens with two attached hydrogens (primary N) is 1. The summed E-state index contributed by atoms with van der Waals surface area (Å²) in [6, 6.07) is 6.27. The molecule has 0 bridgehead atoms. The van der Waals surface area contributed by atoms with E-state index >= 15 is 0 Å². The Morgan fingerprint density at radius 2 is 1.74 bits per heavy atom. The van der Waals surface area contributed by atoms with Crippen molar-refractivity contribution in [1.82, 2.24) is 4.98 Å². The van der Waals surface area contributed by atoms with Gasteiger partial charge in [-0.15, -0.1) is 0 Å². The number of pyridine rings is 1. The summed E-state index contributed by atoms with van der Waals surface area (Å²) in [4.78, 5) is 25.1. The maximum absolute atomic E-state index is 11.4. The van der Waals surface area contributed by atoms with E-state index in [9.17, 15) is 23.1 Å². The van der Waals surface area contributed by atoms with Crippen LogP contribution in [0, 0.1) is 5.92 Å². The lowest BCUT2D eigenvalue weighted by Gasteiger charge is -2.36. The molecule has 7 nitrogen and oxygen atoms in total. The molecule has 1 aromatic carbocycles. The Hall–Kier alpha value is -2.43. The Kier molecular flexibility index (Phi) is 8.21. The number of nitrogens with zero attached hydrogens (tertiary/aromatic N) is 1. The first-order chi connectivity index (χ1) is 14.4. The standard InChI is InChI=1S/C17H19Cl2N3O2.C2HF3O2/c18-13-8-12(15(23)9-14(13)19)17(20)10-2-5-22(6-3-10)11-1-4-21-16(24)7-11;3-2(4,5)1(6)7/h1,4,7-10,17,23H,2-3,5-6,20H2,(H,21,24);(H,6,7). The van der Waals surface area contributed by atoms with E-state index in [2.05, 4.69) is 9.88 Å². The Balaban J connectivity index is 0.000000423. The zero-order valence-electron chi connectivity index (χ0n) is 16.0. The van der Waals surface area contributed by atoms with Crippen LogP contribution >= 0.6 is 23.2 Å². The van der Waals surface area contributed by atoms with E-state index in [4.69, 9.17) is 38.8 Å². The van der Waals surface area contributed by atoms with Gasteiger partial charge in [0.25, 0.3) is 0 Å². The molecule has 5 N–H and O–H groups in total. The number of phenolic OH excluding ortho intramolecular Hbond substituents is 1. The van der Waals surface area contributed by atoms with Crippen LogP contribution in [0.25, 0.3) is 0 Å². The first kappa shape index (κ1) is 24.8. The first-order valence-corrected chi connectivity index (χ1v) is 9.83. The molecule has 0 saturated carbocycles. The number of aliphatic carboxylic acids is 1. The van der Waals surface area contributed by atoms with E-state index in [1.807, 2.05) is 6.07 Å². The minimum absolute atomic E-state index is 0.0777. The maximum atomic E-state index is 11.4. The van der Waals surface area contributed by atoms with Crippen LogP contribution in [0.3, 0.4) is 0 Å². The van der Waals surface area contributed by atoms with E-state index in [1.165, 1.54) is 6.07 Å². The van der Waals surface area contributed by atoms with E-state index in [-0.39, 0.29) is 23.3 Å². The molecule has 1 atom stereocenters. The Morgan fingerprint density at radius 3 is 2.26 bits per heavy atom. The molecule has 0 spiro atoms. The number of nitrogens with one attached hydrogen (secondary N) is 1. The van der Waals surface area contributed by atoms with Crippen LogP contribution in [0.2, 0.25) is 10.0 Å². The highest BCUT2D eigenvalue weighted by molar-refractivity contribution is 6.42. The van der Waals surface area contributed by atoms with Gasteiger partial charge in [0, 0.05) is 48.7 Å². The van der Waals surface area contributed by atoms with Crippen molar-refractivity contribution in [3.8, 4) is 5.75 Å². The smallest absolute Gasteiger partial charge is 0.490 e. The first-order valence-electron chi connectivity index (χ1n) is 9.07. The maximum Gasteiger partial charge on any atom is 0.490 e. The van der Waals surface area contributed by atoms with Gasteiger partial charge >= 0.3 is 12.1 Å². The molecule has 1 saturated heterocycles. The molecular weight excluding hydrogens is 462 g/mol. The van der Waals surface area contributed by atoms with E-state index in [1.54, 1.807) is 18.3 Å². The number of carbonyl (C=O) groups is 1. The van der Waals surface area contributed by atoms with Gasteiger partial charge in [-0.3, -0.25) is 4.79 Å². The van der Waals surface area contributed by atoms with E-state index in [0.717, 1.165) is 31.6 Å². The molecule has 3 rings (SSSR count). The number of carboxylic acid groups (broad SMARTS) is 1. The zero-order valence-corrected chi connectivity index (χ0v) is 17.5. The van der Waals surface area contributed by atoms with Crippen LogP contribution < -0.4 is 16.2 Å². The summed E-state index contributed by atoms with van der Waals surface area (Å²) in [5.41, 5.74) is 7.80. The molecule has 2 heterocycles. The molecule has 0 amide bonds. The molecule has 0 radical (unpaired) electrons. The molecule has 1 aliphatic heterocycles.